The van der Waals surface area contributed by atoms with E-state index in [1.807, 2.05) is 38.1 Å². The molecule has 1 atom stereocenters. The Balaban J connectivity index is 2.28. The van der Waals surface area contributed by atoms with Crippen molar-refractivity contribution >= 4 is 11.8 Å². The molecule has 1 aromatic heterocycles. The Morgan fingerprint density at radius 1 is 1.28 bits per heavy atom. The van der Waals surface area contributed by atoms with Gasteiger partial charge in [-0.3, -0.25) is 9.59 Å². The number of nitrogens with one attached hydrogen (secondary N) is 3. The van der Waals surface area contributed by atoms with Gasteiger partial charge in [0, 0.05) is 25.2 Å². The first kappa shape index (κ1) is 18.1. The highest BCUT2D eigenvalue weighted by atomic mass is 16.5. The van der Waals surface area contributed by atoms with Crippen molar-refractivity contribution in [1.82, 2.24) is 15.6 Å². The van der Waals surface area contributed by atoms with E-state index in [0.29, 0.717) is 12.3 Å². The minimum absolute atomic E-state index is 0.204. The average molecular weight is 339 g/mol. The number of H-pyrrole nitrogens is 1. The monoisotopic (exact) mass is 339 g/mol. The minimum Gasteiger partial charge on any atom is -0.484 e. The number of carbonyl (C=O) groups excluding carboxylic acids is 2. The number of carbonyl (C=O) groups is 2. The van der Waals surface area contributed by atoms with Crippen molar-refractivity contribution in [3.63, 3.8) is 0 Å². The first-order valence-electron chi connectivity index (χ1n) is 7.96. The first-order valence-corrected chi connectivity index (χ1v) is 7.96. The van der Waals surface area contributed by atoms with E-state index < -0.39 is 0 Å². The fraction of sp³-hybridized carbons (Fsp3) is 0.263. The molecule has 0 aliphatic rings. The van der Waals surface area contributed by atoms with Gasteiger partial charge in [-0.1, -0.05) is 18.1 Å². The van der Waals surface area contributed by atoms with Crippen LogP contribution in [0.1, 0.15) is 52.1 Å². The second-order valence-electron chi connectivity index (χ2n) is 5.39. The molecule has 2 rings (SSSR count). The van der Waals surface area contributed by atoms with E-state index in [2.05, 4.69) is 21.5 Å². The normalized spacial score (nSPS) is 11.3. The quantitative estimate of drug-likeness (QED) is 0.706. The van der Waals surface area contributed by atoms with Crippen molar-refractivity contribution in [2.75, 3.05) is 13.6 Å². The molecule has 0 aliphatic heterocycles. The molecule has 0 saturated carbocycles. The maximum atomic E-state index is 12.1. The summed E-state index contributed by atoms with van der Waals surface area (Å²) >= 11 is 0. The van der Waals surface area contributed by atoms with Gasteiger partial charge in [0.15, 0.2) is 5.75 Å². The van der Waals surface area contributed by atoms with Crippen molar-refractivity contribution < 1.29 is 14.3 Å². The van der Waals surface area contributed by atoms with Crippen LogP contribution in [0.5, 0.6) is 5.75 Å². The number of aromatic amines is 1. The molecule has 6 heteroatoms. The van der Waals surface area contributed by atoms with Crippen LogP contribution in [0.4, 0.5) is 0 Å². The van der Waals surface area contributed by atoms with Gasteiger partial charge in [-0.25, -0.2) is 0 Å². The summed E-state index contributed by atoms with van der Waals surface area (Å²) in [4.78, 5) is 26.9. The molecular formula is C19H21N3O3. The summed E-state index contributed by atoms with van der Waals surface area (Å²) < 4.78 is 5.91. The number of rotatable bonds is 6. The lowest BCUT2D eigenvalue weighted by molar-refractivity contribution is 0.0951. The van der Waals surface area contributed by atoms with Gasteiger partial charge in [0.05, 0.1) is 0 Å². The molecule has 25 heavy (non-hydrogen) atoms. The number of amides is 2. The largest absolute Gasteiger partial charge is 0.484 e. The number of hydrogen-bond acceptors (Lipinski definition) is 3. The fourth-order valence-corrected chi connectivity index (χ4v) is 2.31. The molecule has 0 radical (unpaired) electrons. The summed E-state index contributed by atoms with van der Waals surface area (Å²) in [5, 5.41) is 5.21. The van der Waals surface area contributed by atoms with Gasteiger partial charge in [-0.15, -0.1) is 6.42 Å². The highest BCUT2D eigenvalue weighted by Crippen LogP contribution is 2.27. The maximum absolute atomic E-state index is 12.1. The van der Waals surface area contributed by atoms with Crippen molar-refractivity contribution in [2.24, 2.45) is 0 Å². The molecule has 0 bridgehead atoms. The molecular weight excluding hydrogens is 318 g/mol. The van der Waals surface area contributed by atoms with Gasteiger partial charge in [0.25, 0.3) is 11.8 Å². The third-order valence-electron chi connectivity index (χ3n) is 3.67. The van der Waals surface area contributed by atoms with Crippen LogP contribution in [-0.4, -0.2) is 30.4 Å². The summed E-state index contributed by atoms with van der Waals surface area (Å²) in [7, 11) is 1.51. The van der Waals surface area contributed by atoms with Gasteiger partial charge in [-0.2, -0.15) is 0 Å². The van der Waals surface area contributed by atoms with Crippen LogP contribution in [0.15, 0.2) is 30.3 Å². The van der Waals surface area contributed by atoms with Crippen LogP contribution in [0.3, 0.4) is 0 Å². The second-order valence-corrected chi connectivity index (χ2v) is 5.39. The van der Waals surface area contributed by atoms with E-state index in [4.69, 9.17) is 11.2 Å². The Labute approximate surface area is 147 Å². The predicted molar refractivity (Wildman–Crippen MR) is 95.6 cm³/mol. The number of aromatic nitrogens is 1. The van der Waals surface area contributed by atoms with Gasteiger partial charge < -0.3 is 20.4 Å². The van der Waals surface area contributed by atoms with Crippen molar-refractivity contribution in [3.8, 4) is 18.1 Å². The molecule has 2 amide bonds. The molecule has 1 heterocycles. The lowest BCUT2D eigenvalue weighted by Crippen LogP contribution is -2.23. The van der Waals surface area contributed by atoms with Crippen LogP contribution in [0.25, 0.3) is 0 Å². The summed E-state index contributed by atoms with van der Waals surface area (Å²) in [6.07, 6.45) is 5.03. The number of hydrogen-bond donors (Lipinski definition) is 3. The van der Waals surface area contributed by atoms with Crippen molar-refractivity contribution in [1.29, 1.82) is 0 Å². The predicted octanol–water partition coefficient (Wildman–Crippen LogP) is 2.25. The molecule has 2 aromatic rings. The smallest absolute Gasteiger partial charge is 0.271 e. The first-order chi connectivity index (χ1) is 12.0. The zero-order chi connectivity index (χ0) is 18.4. The van der Waals surface area contributed by atoms with E-state index >= 15 is 0 Å². The maximum Gasteiger partial charge on any atom is 0.271 e. The van der Waals surface area contributed by atoms with Gasteiger partial charge >= 0.3 is 0 Å². The van der Waals surface area contributed by atoms with E-state index in [-0.39, 0.29) is 29.3 Å². The molecule has 1 aromatic carbocycles. The van der Waals surface area contributed by atoms with Crippen LogP contribution in [0, 0.1) is 12.3 Å². The van der Waals surface area contributed by atoms with Gasteiger partial charge in [0.2, 0.25) is 0 Å². The van der Waals surface area contributed by atoms with Crippen LogP contribution < -0.4 is 15.4 Å². The Kier molecular flexibility index (Phi) is 5.85. The SMILES string of the molecule is C#Cc1ccc([C@H](C)Oc2cc(C(=O)NCC)[nH]c2C(=O)NC)cc1. The standard InChI is InChI=1S/C19H21N3O3/c1-5-13-7-9-14(10-8-13)12(3)25-16-11-15(18(23)21-6-2)22-17(16)19(24)20-4/h1,7-12,22H,6H2,2-4H3,(H,20,24)(H,21,23)/t12-/m0/s1. The van der Waals surface area contributed by atoms with Crippen LogP contribution in [0.2, 0.25) is 0 Å². The topological polar surface area (TPSA) is 83.2 Å². The second kappa shape index (κ2) is 8.06. The minimum atomic E-state index is -0.361. The van der Waals surface area contributed by atoms with Gasteiger partial charge in [-0.05, 0) is 31.5 Å². The lowest BCUT2D eigenvalue weighted by Gasteiger charge is -2.15. The van der Waals surface area contributed by atoms with E-state index in [1.165, 1.54) is 13.1 Å². The molecule has 3 N–H and O–H groups in total. The van der Waals surface area contributed by atoms with Crippen LogP contribution >= 0.6 is 0 Å². The van der Waals surface area contributed by atoms with Gasteiger partial charge in [0.1, 0.15) is 17.5 Å². The summed E-state index contributed by atoms with van der Waals surface area (Å²) in [6, 6.07) is 8.92. The lowest BCUT2D eigenvalue weighted by atomic mass is 10.1. The highest BCUT2D eigenvalue weighted by Gasteiger charge is 2.21. The molecule has 0 spiro atoms. The summed E-state index contributed by atoms with van der Waals surface area (Å²) in [5.74, 6) is 2.21. The summed E-state index contributed by atoms with van der Waals surface area (Å²) in [6.45, 7) is 4.17. The molecule has 130 valence electrons. The summed E-state index contributed by atoms with van der Waals surface area (Å²) in [5.41, 5.74) is 2.16. The molecule has 0 saturated heterocycles. The van der Waals surface area contributed by atoms with E-state index in [1.54, 1.807) is 0 Å². The Morgan fingerprint density at radius 2 is 1.96 bits per heavy atom. The van der Waals surface area contributed by atoms with E-state index in [0.717, 1.165) is 11.1 Å². The molecule has 0 fully saturated rings. The molecule has 6 nitrogen and oxygen atoms in total. The number of benzene rings is 1. The Bertz CT molecular complexity index is 800. The Morgan fingerprint density at radius 3 is 2.52 bits per heavy atom. The molecule has 0 aliphatic carbocycles. The van der Waals surface area contributed by atoms with Crippen LogP contribution in [-0.2, 0) is 0 Å². The van der Waals surface area contributed by atoms with Crippen molar-refractivity contribution in [3.05, 3.63) is 52.8 Å². The number of ether oxygens (including phenoxy) is 1. The number of terminal acetylenes is 1. The fourth-order valence-electron chi connectivity index (χ4n) is 2.31. The third-order valence-corrected chi connectivity index (χ3v) is 3.67. The van der Waals surface area contributed by atoms with E-state index in [9.17, 15) is 9.59 Å². The zero-order valence-electron chi connectivity index (χ0n) is 14.5. The average Bonchev–Trinajstić information content (AvgIpc) is 3.05. The Hall–Kier alpha value is -3.20. The van der Waals surface area contributed by atoms with Crippen molar-refractivity contribution in [2.45, 2.75) is 20.0 Å². The third kappa shape index (κ3) is 4.21. The molecule has 0 unspecified atom stereocenters. The zero-order valence-corrected chi connectivity index (χ0v) is 14.5. The highest BCUT2D eigenvalue weighted by molar-refractivity contribution is 5.99.